The number of carboxylic acid groups (broad SMARTS) is 4. The second kappa shape index (κ2) is 21.1. The second-order valence-electron chi connectivity index (χ2n) is 9.88. The van der Waals surface area contributed by atoms with Crippen molar-refractivity contribution in [3.05, 3.63) is 0 Å². The van der Waals surface area contributed by atoms with Crippen LogP contribution in [0.25, 0.3) is 0 Å². The van der Waals surface area contributed by atoms with Crippen molar-refractivity contribution in [2.45, 2.75) is 75.2 Å². The minimum absolute atomic E-state index is 0.0158. The highest BCUT2D eigenvalue weighted by Gasteiger charge is 2.33. The predicted octanol–water partition coefficient (Wildman–Crippen LogP) is -6.13. The predicted molar refractivity (Wildman–Crippen MR) is 160 cm³/mol. The Morgan fingerprint density at radius 1 is 0.511 bits per heavy atom. The molecule has 0 aliphatic carbocycles. The Balaban J connectivity index is 6.13. The van der Waals surface area contributed by atoms with Crippen molar-refractivity contribution in [3.63, 3.8) is 0 Å². The number of amides is 4. The third-order valence-corrected chi connectivity index (χ3v) is 5.89. The van der Waals surface area contributed by atoms with Crippen LogP contribution < -0.4 is 49.9 Å². The van der Waals surface area contributed by atoms with Gasteiger partial charge in [0.2, 0.25) is 23.6 Å². The summed E-state index contributed by atoms with van der Waals surface area (Å²) in [4.78, 5) is 104. The summed E-state index contributed by atoms with van der Waals surface area (Å²) in [5.74, 6) is -11.4. The molecule has 0 fully saturated rings. The topological polar surface area (TPSA) is 420 Å². The van der Waals surface area contributed by atoms with E-state index in [1.807, 2.05) is 5.32 Å². The number of carbonyl (C=O) groups excluding carboxylic acids is 4. The molecule has 23 heteroatoms. The number of nitrogens with zero attached hydrogens (tertiary/aromatic N) is 2. The van der Waals surface area contributed by atoms with Crippen LogP contribution in [-0.4, -0.2) is 123 Å². The molecule has 23 nitrogen and oxygen atoms in total. The summed E-state index contributed by atoms with van der Waals surface area (Å²) in [5.41, 5.74) is 26.6. The average Bonchev–Trinajstić information content (AvgIpc) is 2.93. The van der Waals surface area contributed by atoms with Gasteiger partial charge >= 0.3 is 23.9 Å². The van der Waals surface area contributed by atoms with E-state index in [4.69, 9.17) is 38.9 Å². The van der Waals surface area contributed by atoms with Gasteiger partial charge in [-0.25, -0.2) is 4.79 Å². The first-order valence-corrected chi connectivity index (χ1v) is 13.8. The maximum atomic E-state index is 13.2. The molecule has 0 saturated heterocycles. The molecule has 4 amide bonds. The fourth-order valence-electron chi connectivity index (χ4n) is 3.68. The molecule has 0 aliphatic rings. The van der Waals surface area contributed by atoms with E-state index < -0.39 is 97.0 Å². The molecule has 5 atom stereocenters. The van der Waals surface area contributed by atoms with Crippen molar-refractivity contribution in [3.8, 4) is 0 Å². The van der Waals surface area contributed by atoms with Crippen LogP contribution >= 0.6 is 0 Å². The van der Waals surface area contributed by atoms with E-state index in [0.29, 0.717) is 0 Å². The van der Waals surface area contributed by atoms with Crippen LogP contribution in [0.1, 0.15) is 44.9 Å². The number of carboxylic acids is 4. The van der Waals surface area contributed by atoms with Crippen molar-refractivity contribution >= 4 is 59.4 Å². The van der Waals surface area contributed by atoms with Gasteiger partial charge in [0.25, 0.3) is 0 Å². The molecule has 0 aromatic rings. The molecule has 0 aromatic heterocycles. The molecule has 0 spiro atoms. The van der Waals surface area contributed by atoms with Crippen molar-refractivity contribution in [1.29, 1.82) is 0 Å². The standard InChI is InChI=1S/C24H41N11O12/c25-10(7-15(36)37)18(42)32-11(3-1-5-30-23(26)27)19(43)34-13(8-16(38)39)21(45)33-12(4-2-6-31-24(28)29)20(44)35-14(22(46)47)9-17(40)41/h10-14H,1-9,25H2,(H,32,42)(H,33,45)(H,34,43)(H,35,44)(H,36,37)(H,38,39)(H,40,41)(H,46,47)(H4,26,27,30)(H4,28,29,31)/t10-,11-,12-,13-,14-/m0/s1. The zero-order valence-corrected chi connectivity index (χ0v) is 25.1. The van der Waals surface area contributed by atoms with Gasteiger partial charge in [-0.05, 0) is 25.7 Å². The number of guanidine groups is 2. The molecule has 18 N–H and O–H groups in total. The lowest BCUT2D eigenvalue weighted by Gasteiger charge is -2.25. The number of aliphatic carboxylic acids is 4. The van der Waals surface area contributed by atoms with Crippen LogP contribution in [0, 0.1) is 0 Å². The van der Waals surface area contributed by atoms with E-state index in [2.05, 4.69) is 25.9 Å². The van der Waals surface area contributed by atoms with E-state index in [1.165, 1.54) is 0 Å². The van der Waals surface area contributed by atoms with Crippen molar-refractivity contribution < 1.29 is 58.8 Å². The summed E-state index contributed by atoms with van der Waals surface area (Å²) in [6.07, 6.45) is -3.20. The molecule has 0 radical (unpaired) electrons. The van der Waals surface area contributed by atoms with Crippen LogP contribution in [-0.2, 0) is 38.4 Å². The molecule has 0 bridgehead atoms. The van der Waals surface area contributed by atoms with Crippen molar-refractivity contribution in [2.24, 2.45) is 38.7 Å². The maximum absolute atomic E-state index is 13.2. The summed E-state index contributed by atoms with van der Waals surface area (Å²) in [5, 5.41) is 45.1. The minimum Gasteiger partial charge on any atom is -0.481 e. The highest BCUT2D eigenvalue weighted by molar-refractivity contribution is 5.97. The number of carbonyl (C=O) groups is 8. The van der Waals surface area contributed by atoms with Gasteiger partial charge in [-0.2, -0.15) is 0 Å². The van der Waals surface area contributed by atoms with E-state index in [9.17, 15) is 48.6 Å². The average molecular weight is 676 g/mol. The molecule has 0 aromatic carbocycles. The lowest BCUT2D eigenvalue weighted by atomic mass is 10.1. The number of hydrogen-bond acceptors (Lipinski definition) is 11. The Kier molecular flexibility index (Phi) is 18.5. The fraction of sp³-hybridized carbons (Fsp3) is 0.583. The van der Waals surface area contributed by atoms with Gasteiger partial charge in [0.15, 0.2) is 11.9 Å². The largest absolute Gasteiger partial charge is 0.481 e. The quantitative estimate of drug-likeness (QED) is 0.0272. The molecule has 264 valence electrons. The van der Waals surface area contributed by atoms with E-state index in [1.54, 1.807) is 0 Å². The molecule has 47 heavy (non-hydrogen) atoms. The monoisotopic (exact) mass is 675 g/mol. The summed E-state index contributed by atoms with van der Waals surface area (Å²) in [7, 11) is 0. The zero-order valence-electron chi connectivity index (χ0n) is 25.1. The molecule has 0 heterocycles. The van der Waals surface area contributed by atoms with Crippen LogP contribution in [0.5, 0.6) is 0 Å². The Labute approximate surface area is 266 Å². The Morgan fingerprint density at radius 2 is 0.851 bits per heavy atom. The third-order valence-electron chi connectivity index (χ3n) is 5.89. The van der Waals surface area contributed by atoms with Gasteiger partial charge in [-0.15, -0.1) is 0 Å². The maximum Gasteiger partial charge on any atom is 0.326 e. The van der Waals surface area contributed by atoms with E-state index in [0.717, 1.165) is 0 Å². The van der Waals surface area contributed by atoms with Gasteiger partial charge < -0.3 is 70.4 Å². The summed E-state index contributed by atoms with van der Waals surface area (Å²) < 4.78 is 0. The summed E-state index contributed by atoms with van der Waals surface area (Å²) in [6.45, 7) is -0.0714. The van der Waals surface area contributed by atoms with Gasteiger partial charge in [-0.1, -0.05) is 0 Å². The summed E-state index contributed by atoms with van der Waals surface area (Å²) >= 11 is 0. The molecular weight excluding hydrogens is 634 g/mol. The first-order chi connectivity index (χ1) is 21.8. The molecule has 0 rings (SSSR count). The van der Waals surface area contributed by atoms with Crippen LogP contribution in [0.2, 0.25) is 0 Å². The van der Waals surface area contributed by atoms with Gasteiger partial charge in [0.1, 0.15) is 24.2 Å². The number of rotatable bonds is 23. The van der Waals surface area contributed by atoms with Crippen molar-refractivity contribution in [1.82, 2.24) is 21.3 Å². The Bertz CT molecular complexity index is 1220. The first kappa shape index (κ1) is 41.3. The molecular formula is C24H41N11O12. The number of nitrogens with two attached hydrogens (primary N) is 5. The normalized spacial score (nSPS) is 13.6. The zero-order chi connectivity index (χ0) is 36.3. The van der Waals surface area contributed by atoms with E-state index >= 15 is 0 Å². The fourth-order valence-corrected chi connectivity index (χ4v) is 3.68. The van der Waals surface area contributed by atoms with Gasteiger partial charge in [0, 0.05) is 13.1 Å². The van der Waals surface area contributed by atoms with Crippen LogP contribution in [0.3, 0.4) is 0 Å². The highest BCUT2D eigenvalue weighted by atomic mass is 16.4. The second-order valence-corrected chi connectivity index (χ2v) is 9.88. The SMILES string of the molecule is NC(N)=NCCC[C@H](NC(=O)[C@H](CC(=O)O)NC(=O)[C@H](CCCN=C(N)N)NC(=O)[C@@H](N)CC(=O)O)C(=O)N[C@@H](CC(=O)O)C(=O)O. The van der Waals surface area contributed by atoms with Crippen LogP contribution in [0.4, 0.5) is 0 Å². The summed E-state index contributed by atoms with van der Waals surface area (Å²) in [6, 6.07) is -8.45. The number of nitrogens with one attached hydrogen (secondary N) is 4. The van der Waals surface area contributed by atoms with Crippen LogP contribution in [0.15, 0.2) is 9.98 Å². The highest BCUT2D eigenvalue weighted by Crippen LogP contribution is 2.06. The van der Waals surface area contributed by atoms with Crippen molar-refractivity contribution in [2.75, 3.05) is 13.1 Å². The van der Waals surface area contributed by atoms with Gasteiger partial charge in [0.05, 0.1) is 25.3 Å². The lowest BCUT2D eigenvalue weighted by Crippen LogP contribution is -2.59. The first-order valence-electron chi connectivity index (χ1n) is 13.8. The number of hydrogen-bond donors (Lipinski definition) is 13. The molecule has 0 unspecified atom stereocenters. The Hall–Kier alpha value is -5.74. The Morgan fingerprint density at radius 3 is 1.23 bits per heavy atom. The third kappa shape index (κ3) is 18.6. The lowest BCUT2D eigenvalue weighted by molar-refractivity contribution is -0.147. The number of aliphatic imine (C=N–C) groups is 2. The van der Waals surface area contributed by atoms with Gasteiger partial charge in [-0.3, -0.25) is 43.5 Å². The smallest absolute Gasteiger partial charge is 0.326 e. The molecule has 0 saturated carbocycles. The molecule has 0 aliphatic heterocycles. The van der Waals surface area contributed by atoms with E-state index in [-0.39, 0.29) is 50.7 Å². The minimum atomic E-state index is -1.90.